The Hall–Kier alpha value is -1.04. The predicted molar refractivity (Wildman–Crippen MR) is 91.3 cm³/mol. The SMILES string of the molecule is COc1ccc(CNC(C)C)c(OCc2sccc2Br)c1. The first kappa shape index (κ1) is 16.3. The molecule has 0 fully saturated rings. The third-order valence-corrected chi connectivity index (χ3v) is 4.92. The molecule has 0 aliphatic rings. The molecule has 2 rings (SSSR count). The highest BCUT2D eigenvalue weighted by Gasteiger charge is 2.09. The van der Waals surface area contributed by atoms with E-state index in [1.807, 2.05) is 24.3 Å². The third-order valence-electron chi connectivity index (χ3n) is 3.02. The second-order valence-corrected chi connectivity index (χ2v) is 6.84. The Kier molecular flexibility index (Phi) is 6.08. The maximum absolute atomic E-state index is 6.00. The number of thiophene rings is 1. The van der Waals surface area contributed by atoms with Gasteiger partial charge in [0, 0.05) is 28.7 Å². The number of methoxy groups -OCH3 is 1. The van der Waals surface area contributed by atoms with Gasteiger partial charge in [-0.2, -0.15) is 0 Å². The maximum atomic E-state index is 6.00. The molecule has 1 aromatic heterocycles. The maximum Gasteiger partial charge on any atom is 0.128 e. The highest BCUT2D eigenvalue weighted by Crippen LogP contribution is 2.28. The lowest BCUT2D eigenvalue weighted by atomic mass is 10.2. The number of halogens is 1. The van der Waals surface area contributed by atoms with Gasteiger partial charge in [0.1, 0.15) is 18.1 Å². The van der Waals surface area contributed by atoms with E-state index < -0.39 is 0 Å². The largest absolute Gasteiger partial charge is 0.497 e. The van der Waals surface area contributed by atoms with E-state index in [0.29, 0.717) is 12.6 Å². The number of nitrogens with one attached hydrogen (secondary N) is 1. The second-order valence-electron chi connectivity index (χ2n) is 4.99. The Morgan fingerprint density at radius 2 is 2.10 bits per heavy atom. The molecule has 0 saturated heterocycles. The topological polar surface area (TPSA) is 30.5 Å². The van der Waals surface area contributed by atoms with Gasteiger partial charge in [0.25, 0.3) is 0 Å². The van der Waals surface area contributed by atoms with Gasteiger partial charge in [0.15, 0.2) is 0 Å². The van der Waals surface area contributed by atoms with Crippen molar-refractivity contribution in [2.75, 3.05) is 7.11 Å². The molecule has 0 spiro atoms. The van der Waals surface area contributed by atoms with Crippen LogP contribution < -0.4 is 14.8 Å². The van der Waals surface area contributed by atoms with Gasteiger partial charge in [0.2, 0.25) is 0 Å². The van der Waals surface area contributed by atoms with Gasteiger partial charge in [-0.3, -0.25) is 0 Å². The summed E-state index contributed by atoms with van der Waals surface area (Å²) >= 11 is 5.21. The smallest absolute Gasteiger partial charge is 0.128 e. The van der Waals surface area contributed by atoms with Crippen molar-refractivity contribution in [1.82, 2.24) is 5.32 Å². The molecular weight excluding hydrogens is 350 g/mol. The molecule has 0 aliphatic heterocycles. The van der Waals surface area contributed by atoms with Gasteiger partial charge >= 0.3 is 0 Å². The van der Waals surface area contributed by atoms with E-state index in [4.69, 9.17) is 9.47 Å². The molecule has 3 nitrogen and oxygen atoms in total. The average molecular weight is 370 g/mol. The van der Waals surface area contributed by atoms with Gasteiger partial charge in [-0.15, -0.1) is 11.3 Å². The highest BCUT2D eigenvalue weighted by atomic mass is 79.9. The summed E-state index contributed by atoms with van der Waals surface area (Å²) in [4.78, 5) is 1.18. The fourth-order valence-corrected chi connectivity index (χ4v) is 3.21. The molecule has 0 atom stereocenters. The molecule has 5 heteroatoms. The molecule has 0 unspecified atom stereocenters. The zero-order valence-electron chi connectivity index (χ0n) is 12.5. The fraction of sp³-hybridized carbons (Fsp3) is 0.375. The molecule has 1 aromatic carbocycles. The summed E-state index contributed by atoms with van der Waals surface area (Å²) in [5, 5.41) is 5.47. The monoisotopic (exact) mass is 369 g/mol. The van der Waals surface area contributed by atoms with E-state index in [9.17, 15) is 0 Å². The lowest BCUT2D eigenvalue weighted by Gasteiger charge is -2.14. The van der Waals surface area contributed by atoms with Crippen LogP contribution in [-0.4, -0.2) is 13.2 Å². The van der Waals surface area contributed by atoms with Crippen LogP contribution in [0.3, 0.4) is 0 Å². The van der Waals surface area contributed by atoms with Crippen LogP contribution in [0.2, 0.25) is 0 Å². The molecule has 0 bridgehead atoms. The Morgan fingerprint density at radius 1 is 1.29 bits per heavy atom. The number of ether oxygens (including phenoxy) is 2. The van der Waals surface area contributed by atoms with Crippen molar-refractivity contribution >= 4 is 27.3 Å². The predicted octanol–water partition coefficient (Wildman–Crippen LogP) is 4.60. The zero-order chi connectivity index (χ0) is 15.2. The molecule has 0 radical (unpaired) electrons. The van der Waals surface area contributed by atoms with Gasteiger partial charge in [-0.1, -0.05) is 19.9 Å². The summed E-state index contributed by atoms with van der Waals surface area (Å²) in [5.74, 6) is 1.67. The number of benzene rings is 1. The van der Waals surface area contributed by atoms with Crippen LogP contribution in [0.4, 0.5) is 0 Å². The highest BCUT2D eigenvalue weighted by molar-refractivity contribution is 9.10. The minimum atomic E-state index is 0.436. The van der Waals surface area contributed by atoms with E-state index in [-0.39, 0.29) is 0 Å². The van der Waals surface area contributed by atoms with Crippen LogP contribution >= 0.6 is 27.3 Å². The molecule has 114 valence electrons. The summed E-state index contributed by atoms with van der Waals surface area (Å²) in [6, 6.07) is 8.43. The number of rotatable bonds is 7. The molecule has 0 amide bonds. The first-order valence-electron chi connectivity index (χ1n) is 6.85. The Balaban J connectivity index is 2.12. The molecule has 1 heterocycles. The van der Waals surface area contributed by atoms with E-state index in [1.165, 1.54) is 4.88 Å². The van der Waals surface area contributed by atoms with Gasteiger partial charge in [-0.25, -0.2) is 0 Å². The third kappa shape index (κ3) is 4.73. The van der Waals surface area contributed by atoms with Crippen molar-refractivity contribution < 1.29 is 9.47 Å². The zero-order valence-corrected chi connectivity index (χ0v) is 14.9. The van der Waals surface area contributed by atoms with Crippen molar-refractivity contribution in [3.8, 4) is 11.5 Å². The van der Waals surface area contributed by atoms with Crippen LogP contribution in [0.15, 0.2) is 34.1 Å². The quantitative estimate of drug-likeness (QED) is 0.773. The summed E-state index contributed by atoms with van der Waals surface area (Å²) in [5.41, 5.74) is 1.14. The first-order valence-corrected chi connectivity index (χ1v) is 8.52. The Bertz CT molecular complexity index is 583. The lowest BCUT2D eigenvalue weighted by molar-refractivity contribution is 0.302. The molecule has 0 aliphatic carbocycles. The van der Waals surface area contributed by atoms with Crippen molar-refractivity contribution in [1.29, 1.82) is 0 Å². The second kappa shape index (κ2) is 7.82. The van der Waals surface area contributed by atoms with Gasteiger partial charge in [-0.05, 0) is 33.4 Å². The summed E-state index contributed by atoms with van der Waals surface area (Å²) < 4.78 is 12.4. The van der Waals surface area contributed by atoms with Crippen LogP contribution in [0.1, 0.15) is 24.3 Å². The summed E-state index contributed by atoms with van der Waals surface area (Å²) in [6.07, 6.45) is 0. The standard InChI is InChI=1S/C16H20BrNO2S/c1-11(2)18-9-12-4-5-13(19-3)8-15(12)20-10-16-14(17)6-7-21-16/h4-8,11,18H,9-10H2,1-3H3. The van der Waals surface area contributed by atoms with E-state index in [2.05, 4.69) is 40.5 Å². The molecule has 21 heavy (non-hydrogen) atoms. The van der Waals surface area contributed by atoms with Gasteiger partial charge < -0.3 is 14.8 Å². The minimum Gasteiger partial charge on any atom is -0.497 e. The summed E-state index contributed by atoms with van der Waals surface area (Å²) in [7, 11) is 1.67. The van der Waals surface area contributed by atoms with Crippen molar-refractivity contribution in [2.45, 2.75) is 33.0 Å². The van der Waals surface area contributed by atoms with Crippen molar-refractivity contribution in [2.24, 2.45) is 0 Å². The van der Waals surface area contributed by atoms with E-state index >= 15 is 0 Å². The van der Waals surface area contributed by atoms with Crippen molar-refractivity contribution in [3.05, 3.63) is 44.6 Å². The van der Waals surface area contributed by atoms with Gasteiger partial charge in [0.05, 0.1) is 12.0 Å². The van der Waals surface area contributed by atoms with E-state index in [0.717, 1.165) is 28.1 Å². The molecule has 0 saturated carbocycles. The van der Waals surface area contributed by atoms with Crippen LogP contribution in [-0.2, 0) is 13.2 Å². The number of hydrogen-bond acceptors (Lipinski definition) is 4. The fourth-order valence-electron chi connectivity index (χ4n) is 1.83. The molecule has 1 N–H and O–H groups in total. The first-order chi connectivity index (χ1) is 10.1. The molecular formula is C16H20BrNO2S. The average Bonchev–Trinajstić information content (AvgIpc) is 2.88. The minimum absolute atomic E-state index is 0.436. The Labute approximate surface area is 138 Å². The van der Waals surface area contributed by atoms with Crippen molar-refractivity contribution in [3.63, 3.8) is 0 Å². The summed E-state index contributed by atoms with van der Waals surface area (Å²) in [6.45, 7) is 5.60. The normalized spacial score (nSPS) is 10.9. The molecule has 2 aromatic rings. The van der Waals surface area contributed by atoms with E-state index in [1.54, 1.807) is 18.4 Å². The van der Waals surface area contributed by atoms with Crippen LogP contribution in [0.5, 0.6) is 11.5 Å². The Morgan fingerprint density at radius 3 is 2.71 bits per heavy atom. The number of hydrogen-bond donors (Lipinski definition) is 1. The van der Waals surface area contributed by atoms with Crippen LogP contribution in [0, 0.1) is 0 Å². The van der Waals surface area contributed by atoms with Crippen LogP contribution in [0.25, 0.3) is 0 Å². The lowest BCUT2D eigenvalue weighted by Crippen LogP contribution is -2.22.